The van der Waals surface area contributed by atoms with Crippen molar-refractivity contribution in [3.8, 4) is 0 Å². The van der Waals surface area contributed by atoms with Crippen molar-refractivity contribution >= 4 is 17.5 Å². The molecule has 1 aromatic heterocycles. The van der Waals surface area contributed by atoms with Gasteiger partial charge in [-0.1, -0.05) is 18.2 Å². The number of halogens is 1. The molecule has 0 spiro atoms. The van der Waals surface area contributed by atoms with E-state index in [0.29, 0.717) is 19.5 Å². The molecule has 0 saturated carbocycles. The number of imidazole rings is 1. The molecule has 0 fully saturated rings. The Morgan fingerprint density at radius 2 is 2.08 bits per heavy atom. The van der Waals surface area contributed by atoms with E-state index in [-0.39, 0.29) is 23.1 Å². The molecule has 0 saturated heterocycles. The number of para-hydroxylation sites is 1. The van der Waals surface area contributed by atoms with E-state index < -0.39 is 11.7 Å². The highest BCUT2D eigenvalue weighted by molar-refractivity contribution is 6.03. The largest absolute Gasteiger partial charge is 0.347 e. The molecule has 0 unspecified atom stereocenters. The lowest BCUT2D eigenvalue weighted by Crippen LogP contribution is -2.25. The first-order valence-electron chi connectivity index (χ1n) is 8.16. The number of fused-ring (bicyclic) bond motifs is 1. The molecule has 2 N–H and O–H groups in total. The van der Waals surface area contributed by atoms with Gasteiger partial charge in [-0.2, -0.15) is 0 Å². The van der Waals surface area contributed by atoms with Crippen molar-refractivity contribution in [2.75, 3.05) is 11.9 Å². The van der Waals surface area contributed by atoms with Crippen molar-refractivity contribution < 1.29 is 14.0 Å². The minimum atomic E-state index is -0.531. The van der Waals surface area contributed by atoms with Crippen molar-refractivity contribution in [1.82, 2.24) is 14.9 Å². The summed E-state index contributed by atoms with van der Waals surface area (Å²) >= 11 is 0. The highest BCUT2D eigenvalue weighted by Gasteiger charge is 2.27. The number of aromatic nitrogens is 2. The number of amides is 2. The summed E-state index contributed by atoms with van der Waals surface area (Å²) in [5.74, 6) is -1.27. The van der Waals surface area contributed by atoms with E-state index in [2.05, 4.69) is 22.2 Å². The molecule has 1 aliphatic heterocycles. The molecule has 0 aliphatic carbocycles. The zero-order valence-corrected chi connectivity index (χ0v) is 13.7. The van der Waals surface area contributed by atoms with Crippen molar-refractivity contribution in [3.63, 3.8) is 0 Å². The van der Waals surface area contributed by atoms with Crippen LogP contribution >= 0.6 is 0 Å². The van der Waals surface area contributed by atoms with Crippen LogP contribution in [0.3, 0.4) is 0 Å². The number of carbonyl (C=O) groups is 2. The first kappa shape index (κ1) is 16.9. The Kier molecular flexibility index (Phi) is 4.92. The number of hydrogen-bond donors (Lipinski definition) is 2. The lowest BCUT2D eigenvalue weighted by atomic mass is 10.1. The van der Waals surface area contributed by atoms with Crippen molar-refractivity contribution in [3.05, 3.63) is 59.9 Å². The summed E-state index contributed by atoms with van der Waals surface area (Å²) in [5, 5.41) is 5.21. The fourth-order valence-electron chi connectivity index (χ4n) is 2.89. The van der Waals surface area contributed by atoms with Gasteiger partial charge in [-0.25, -0.2) is 9.37 Å². The Morgan fingerprint density at radius 3 is 2.84 bits per heavy atom. The van der Waals surface area contributed by atoms with E-state index >= 15 is 0 Å². The first-order chi connectivity index (χ1) is 12.1. The molecule has 6 nitrogen and oxygen atoms in total. The lowest BCUT2D eigenvalue weighted by molar-refractivity contribution is 0.0952. The monoisotopic (exact) mass is 342 g/mol. The third kappa shape index (κ3) is 3.45. The smallest absolute Gasteiger partial charge is 0.291 e. The lowest BCUT2D eigenvalue weighted by Gasteiger charge is -2.17. The summed E-state index contributed by atoms with van der Waals surface area (Å²) in [4.78, 5) is 29.1. The van der Waals surface area contributed by atoms with E-state index in [1.807, 2.05) is 0 Å². The molecule has 2 aromatic rings. The molecule has 0 atom stereocenters. The maximum atomic E-state index is 13.8. The molecular weight excluding hydrogens is 323 g/mol. The van der Waals surface area contributed by atoms with Gasteiger partial charge < -0.3 is 15.2 Å². The summed E-state index contributed by atoms with van der Waals surface area (Å²) < 4.78 is 15.5. The van der Waals surface area contributed by atoms with Crippen molar-refractivity contribution in [1.29, 1.82) is 0 Å². The fourth-order valence-corrected chi connectivity index (χ4v) is 2.89. The molecular formula is C18H19FN4O2. The minimum Gasteiger partial charge on any atom is -0.347 e. The number of benzene rings is 1. The van der Waals surface area contributed by atoms with E-state index in [9.17, 15) is 14.0 Å². The molecule has 130 valence electrons. The molecule has 0 bridgehead atoms. The quantitative estimate of drug-likeness (QED) is 0.820. The Morgan fingerprint density at radius 1 is 1.28 bits per heavy atom. The van der Waals surface area contributed by atoms with Gasteiger partial charge in [-0.15, -0.1) is 6.58 Å². The van der Waals surface area contributed by atoms with Crippen molar-refractivity contribution in [2.24, 2.45) is 0 Å². The third-order valence-corrected chi connectivity index (χ3v) is 4.07. The Bertz CT molecular complexity index is 828. The van der Waals surface area contributed by atoms with Gasteiger partial charge >= 0.3 is 0 Å². The predicted molar refractivity (Wildman–Crippen MR) is 92.0 cm³/mol. The second kappa shape index (κ2) is 7.29. The van der Waals surface area contributed by atoms with Crippen LogP contribution in [0.25, 0.3) is 0 Å². The highest BCUT2D eigenvalue weighted by atomic mass is 19.1. The maximum absolute atomic E-state index is 13.8. The Hall–Kier alpha value is -2.96. The zero-order valence-electron chi connectivity index (χ0n) is 13.7. The Balaban J connectivity index is 1.92. The van der Waals surface area contributed by atoms with E-state index in [1.54, 1.807) is 22.8 Å². The highest BCUT2D eigenvalue weighted by Crippen LogP contribution is 2.22. The Labute approximate surface area is 144 Å². The third-order valence-electron chi connectivity index (χ3n) is 4.07. The zero-order chi connectivity index (χ0) is 17.8. The summed E-state index contributed by atoms with van der Waals surface area (Å²) in [5.41, 5.74) is 1.07. The number of nitrogens with zero attached hydrogens (tertiary/aromatic N) is 2. The van der Waals surface area contributed by atoms with Crippen LogP contribution < -0.4 is 10.6 Å². The average molecular weight is 342 g/mol. The van der Waals surface area contributed by atoms with Crippen LogP contribution in [-0.2, 0) is 13.0 Å². The number of carbonyl (C=O) groups excluding carboxylic acids is 2. The molecule has 1 aromatic carbocycles. The van der Waals surface area contributed by atoms with Crippen LogP contribution in [0.15, 0.2) is 36.9 Å². The fraction of sp³-hybridized carbons (Fsp3) is 0.278. The van der Waals surface area contributed by atoms with E-state index in [1.165, 1.54) is 12.1 Å². The molecule has 2 amide bonds. The average Bonchev–Trinajstić information content (AvgIpc) is 3.01. The van der Waals surface area contributed by atoms with Gasteiger partial charge in [0.25, 0.3) is 11.8 Å². The number of anilines is 1. The van der Waals surface area contributed by atoms with Gasteiger partial charge in [0.1, 0.15) is 11.5 Å². The van der Waals surface area contributed by atoms with Crippen LogP contribution in [0.1, 0.15) is 39.6 Å². The normalized spacial score (nSPS) is 13.0. The summed E-state index contributed by atoms with van der Waals surface area (Å²) in [6.07, 6.45) is 4.09. The topological polar surface area (TPSA) is 76.0 Å². The standard InChI is InChI=1S/C18H19FN4O2/c1-2-10-20-17(24)15-14-9-5-6-11-23(14)16(22-15)18(25)21-13-8-4-3-7-12(13)19/h2-4,7-8H,1,5-6,9-11H2,(H,20,24)(H,21,25). The number of nitrogens with one attached hydrogen (secondary N) is 2. The van der Waals surface area contributed by atoms with Gasteiger partial charge in [-0.3, -0.25) is 9.59 Å². The van der Waals surface area contributed by atoms with Gasteiger partial charge in [0.15, 0.2) is 5.82 Å². The molecule has 0 radical (unpaired) electrons. The van der Waals surface area contributed by atoms with E-state index in [4.69, 9.17) is 0 Å². The summed E-state index contributed by atoms with van der Waals surface area (Å²) in [6, 6.07) is 5.92. The van der Waals surface area contributed by atoms with Crippen LogP contribution in [0.5, 0.6) is 0 Å². The first-order valence-corrected chi connectivity index (χ1v) is 8.16. The van der Waals surface area contributed by atoms with Crippen LogP contribution in [0.4, 0.5) is 10.1 Å². The minimum absolute atomic E-state index is 0.0818. The summed E-state index contributed by atoms with van der Waals surface area (Å²) in [6.45, 7) is 4.49. The SMILES string of the molecule is C=CCNC(=O)c1nc(C(=O)Nc2ccccc2F)n2c1CCCC2. The molecule has 7 heteroatoms. The van der Waals surface area contributed by atoms with Gasteiger partial charge in [0, 0.05) is 13.1 Å². The van der Waals surface area contributed by atoms with Crippen LogP contribution in [-0.4, -0.2) is 27.9 Å². The van der Waals surface area contributed by atoms with Crippen molar-refractivity contribution in [2.45, 2.75) is 25.8 Å². The molecule has 1 aliphatic rings. The molecule has 3 rings (SSSR count). The predicted octanol–water partition coefficient (Wildman–Crippen LogP) is 2.53. The van der Waals surface area contributed by atoms with Crippen LogP contribution in [0, 0.1) is 5.82 Å². The number of hydrogen-bond acceptors (Lipinski definition) is 3. The molecule has 2 heterocycles. The summed E-state index contributed by atoms with van der Waals surface area (Å²) in [7, 11) is 0. The molecule has 25 heavy (non-hydrogen) atoms. The van der Waals surface area contributed by atoms with E-state index in [0.717, 1.165) is 18.5 Å². The second-order valence-electron chi connectivity index (χ2n) is 5.77. The maximum Gasteiger partial charge on any atom is 0.291 e. The van der Waals surface area contributed by atoms with Gasteiger partial charge in [-0.05, 0) is 31.4 Å². The van der Waals surface area contributed by atoms with Crippen LogP contribution in [0.2, 0.25) is 0 Å². The van der Waals surface area contributed by atoms with Gasteiger partial charge in [0.2, 0.25) is 0 Å². The second-order valence-corrected chi connectivity index (χ2v) is 5.77. The van der Waals surface area contributed by atoms with Gasteiger partial charge in [0.05, 0.1) is 11.4 Å². The number of rotatable bonds is 5.